The van der Waals surface area contributed by atoms with Crippen LogP contribution in [0.3, 0.4) is 0 Å². The Bertz CT molecular complexity index is 467. The fraction of sp³-hybridized carbons (Fsp3) is 0.600. The molecule has 0 radical (unpaired) electrons. The molecule has 0 aromatic carbocycles. The number of carbonyl (C=O) groups is 1. The summed E-state index contributed by atoms with van der Waals surface area (Å²) in [5.41, 5.74) is 6.53. The van der Waals surface area contributed by atoms with Gasteiger partial charge in [-0.1, -0.05) is 0 Å². The number of aryl methyl sites for hydroxylation is 1. The van der Waals surface area contributed by atoms with Gasteiger partial charge in [0.25, 0.3) is 5.91 Å². The second-order valence-electron chi connectivity index (χ2n) is 6.90. The molecule has 0 unspecified atom stereocenters. The topological polar surface area (TPSA) is 59.2 Å². The van der Waals surface area contributed by atoms with Gasteiger partial charge in [0.1, 0.15) is 5.82 Å². The SMILES string of the molecule is Cc1cc(N(C(C)(C)C)C(C)(C)C)ncc1C(N)=O. The fourth-order valence-corrected chi connectivity index (χ4v) is 2.61. The number of aromatic nitrogens is 1. The van der Waals surface area contributed by atoms with Crippen LogP contribution in [0.4, 0.5) is 5.82 Å². The first-order valence-corrected chi connectivity index (χ1v) is 6.51. The van der Waals surface area contributed by atoms with E-state index in [9.17, 15) is 4.79 Å². The summed E-state index contributed by atoms with van der Waals surface area (Å²) >= 11 is 0. The molecule has 0 saturated carbocycles. The summed E-state index contributed by atoms with van der Waals surface area (Å²) in [6, 6.07) is 1.93. The Balaban J connectivity index is 3.34. The van der Waals surface area contributed by atoms with Gasteiger partial charge < -0.3 is 10.6 Å². The van der Waals surface area contributed by atoms with Crippen molar-refractivity contribution >= 4 is 11.7 Å². The van der Waals surface area contributed by atoms with E-state index in [1.54, 1.807) is 6.20 Å². The van der Waals surface area contributed by atoms with E-state index < -0.39 is 5.91 Å². The lowest BCUT2D eigenvalue weighted by atomic mass is 9.95. The van der Waals surface area contributed by atoms with Crippen molar-refractivity contribution in [2.45, 2.75) is 59.5 Å². The molecule has 1 heterocycles. The first-order valence-electron chi connectivity index (χ1n) is 6.51. The highest BCUT2D eigenvalue weighted by Gasteiger charge is 2.32. The van der Waals surface area contributed by atoms with Crippen LogP contribution in [-0.4, -0.2) is 22.0 Å². The molecule has 2 N–H and O–H groups in total. The minimum Gasteiger partial charge on any atom is -0.366 e. The van der Waals surface area contributed by atoms with Crippen molar-refractivity contribution in [1.29, 1.82) is 0 Å². The highest BCUT2D eigenvalue weighted by molar-refractivity contribution is 5.94. The Morgan fingerprint density at radius 1 is 1.16 bits per heavy atom. The second-order valence-corrected chi connectivity index (χ2v) is 6.90. The maximum Gasteiger partial charge on any atom is 0.250 e. The maximum absolute atomic E-state index is 11.3. The lowest BCUT2D eigenvalue weighted by Gasteiger charge is -2.46. The maximum atomic E-state index is 11.3. The van der Waals surface area contributed by atoms with E-state index in [2.05, 4.69) is 51.4 Å². The molecular formula is C15H25N3O. The van der Waals surface area contributed by atoms with Crippen LogP contribution < -0.4 is 10.6 Å². The average Bonchev–Trinajstić information content (AvgIpc) is 2.11. The van der Waals surface area contributed by atoms with E-state index in [1.807, 2.05) is 13.0 Å². The van der Waals surface area contributed by atoms with E-state index in [4.69, 9.17) is 5.73 Å². The van der Waals surface area contributed by atoms with Crippen LogP contribution >= 0.6 is 0 Å². The van der Waals surface area contributed by atoms with Crippen LogP contribution in [-0.2, 0) is 0 Å². The Hall–Kier alpha value is -1.58. The molecule has 0 saturated heterocycles. The fourth-order valence-electron chi connectivity index (χ4n) is 2.61. The number of hydrogen-bond donors (Lipinski definition) is 1. The van der Waals surface area contributed by atoms with Crippen LogP contribution in [0.1, 0.15) is 57.5 Å². The summed E-state index contributed by atoms with van der Waals surface area (Å²) in [5.74, 6) is 0.428. The molecule has 4 nitrogen and oxygen atoms in total. The quantitative estimate of drug-likeness (QED) is 0.892. The molecule has 0 aliphatic carbocycles. The molecule has 0 spiro atoms. The molecule has 0 aliphatic heterocycles. The molecule has 0 atom stereocenters. The van der Waals surface area contributed by atoms with Crippen molar-refractivity contribution in [2.75, 3.05) is 4.90 Å². The molecular weight excluding hydrogens is 238 g/mol. The van der Waals surface area contributed by atoms with Gasteiger partial charge in [-0.15, -0.1) is 0 Å². The molecule has 1 amide bonds. The number of nitrogens with two attached hydrogens (primary N) is 1. The monoisotopic (exact) mass is 263 g/mol. The van der Waals surface area contributed by atoms with Crippen molar-refractivity contribution in [3.8, 4) is 0 Å². The summed E-state index contributed by atoms with van der Waals surface area (Å²) < 4.78 is 0. The van der Waals surface area contributed by atoms with Crippen LogP contribution in [0.15, 0.2) is 12.3 Å². The van der Waals surface area contributed by atoms with Crippen LogP contribution in [0.25, 0.3) is 0 Å². The first-order chi connectivity index (χ1) is 8.44. The summed E-state index contributed by atoms with van der Waals surface area (Å²) in [6.07, 6.45) is 1.57. The third kappa shape index (κ3) is 3.46. The largest absolute Gasteiger partial charge is 0.366 e. The number of rotatable bonds is 2. The number of carbonyl (C=O) groups excluding carboxylic acids is 1. The van der Waals surface area contributed by atoms with Gasteiger partial charge in [0.2, 0.25) is 0 Å². The number of anilines is 1. The standard InChI is InChI=1S/C15H25N3O/c1-10-8-12(17-9-11(10)13(16)19)18(14(2,3)4)15(5,6)7/h8-9H,1-7H3,(H2,16,19). The van der Waals surface area contributed by atoms with Gasteiger partial charge >= 0.3 is 0 Å². The predicted octanol–water partition coefficient (Wildman–Crippen LogP) is 2.89. The molecule has 1 aromatic heterocycles. The Labute approximate surface area is 116 Å². The van der Waals surface area contributed by atoms with Crippen molar-refractivity contribution in [2.24, 2.45) is 5.73 Å². The Morgan fingerprint density at radius 3 is 1.95 bits per heavy atom. The number of pyridine rings is 1. The zero-order valence-electron chi connectivity index (χ0n) is 13.0. The van der Waals surface area contributed by atoms with E-state index in [0.717, 1.165) is 11.4 Å². The molecule has 0 fully saturated rings. The van der Waals surface area contributed by atoms with Crippen LogP contribution in [0.5, 0.6) is 0 Å². The minimum absolute atomic E-state index is 0.0636. The number of nitrogens with zero attached hydrogens (tertiary/aromatic N) is 2. The Kier molecular flexibility index (Phi) is 3.94. The van der Waals surface area contributed by atoms with E-state index in [1.165, 1.54) is 0 Å². The van der Waals surface area contributed by atoms with Crippen LogP contribution in [0, 0.1) is 6.92 Å². The normalized spacial score (nSPS) is 12.4. The van der Waals surface area contributed by atoms with E-state index >= 15 is 0 Å². The third-order valence-electron chi connectivity index (χ3n) is 2.93. The van der Waals surface area contributed by atoms with E-state index in [0.29, 0.717) is 5.56 Å². The summed E-state index contributed by atoms with van der Waals surface area (Å²) in [5, 5.41) is 0. The van der Waals surface area contributed by atoms with Gasteiger partial charge in [0, 0.05) is 17.3 Å². The lowest BCUT2D eigenvalue weighted by molar-refractivity contribution is 0.0999. The van der Waals surface area contributed by atoms with Gasteiger partial charge in [-0.25, -0.2) is 4.98 Å². The van der Waals surface area contributed by atoms with Crippen LogP contribution in [0.2, 0.25) is 0 Å². The number of hydrogen-bond acceptors (Lipinski definition) is 3. The van der Waals surface area contributed by atoms with Crippen molar-refractivity contribution in [3.63, 3.8) is 0 Å². The average molecular weight is 263 g/mol. The van der Waals surface area contributed by atoms with Crippen molar-refractivity contribution in [1.82, 2.24) is 4.98 Å². The number of amides is 1. The molecule has 106 valence electrons. The molecule has 19 heavy (non-hydrogen) atoms. The number of primary amides is 1. The van der Waals surface area contributed by atoms with Gasteiger partial charge in [0.15, 0.2) is 0 Å². The predicted molar refractivity (Wildman–Crippen MR) is 79.5 cm³/mol. The molecule has 1 aromatic rings. The van der Waals surface area contributed by atoms with Gasteiger partial charge in [-0.05, 0) is 60.1 Å². The molecule has 4 heteroatoms. The first kappa shape index (κ1) is 15.5. The lowest BCUT2D eigenvalue weighted by Crippen LogP contribution is -2.53. The smallest absolute Gasteiger partial charge is 0.250 e. The van der Waals surface area contributed by atoms with Gasteiger partial charge in [-0.2, -0.15) is 0 Å². The van der Waals surface area contributed by atoms with Crippen molar-refractivity contribution < 1.29 is 4.79 Å². The second kappa shape index (κ2) is 4.83. The van der Waals surface area contributed by atoms with Gasteiger partial charge in [0.05, 0.1) is 5.56 Å². The highest BCUT2D eigenvalue weighted by Crippen LogP contribution is 2.31. The summed E-state index contributed by atoms with van der Waals surface area (Å²) in [6.45, 7) is 14.8. The summed E-state index contributed by atoms with van der Waals surface area (Å²) in [4.78, 5) is 17.9. The summed E-state index contributed by atoms with van der Waals surface area (Å²) in [7, 11) is 0. The molecule has 0 aliphatic rings. The molecule has 1 rings (SSSR count). The van der Waals surface area contributed by atoms with E-state index in [-0.39, 0.29) is 11.1 Å². The van der Waals surface area contributed by atoms with Crippen molar-refractivity contribution in [3.05, 3.63) is 23.4 Å². The zero-order chi connectivity index (χ0) is 15.0. The zero-order valence-corrected chi connectivity index (χ0v) is 13.0. The van der Waals surface area contributed by atoms with Gasteiger partial charge in [-0.3, -0.25) is 4.79 Å². The highest BCUT2D eigenvalue weighted by atomic mass is 16.1. The Morgan fingerprint density at radius 2 is 1.63 bits per heavy atom. The minimum atomic E-state index is -0.436. The molecule has 0 bridgehead atoms. The third-order valence-corrected chi connectivity index (χ3v) is 2.93.